The molecule has 0 bridgehead atoms. The molecule has 0 atom stereocenters. The minimum absolute atomic E-state index is 0.00903. The average Bonchev–Trinajstić information content (AvgIpc) is 2.88. The SMILES string of the molecule is Cc1ccc([N+](=O)[O-])cc1S(=O)(=O)N1CCC(C(=O)N2CCN(c3ncccc3C#N)CC2)CC1. The van der Waals surface area contributed by atoms with Crippen LogP contribution < -0.4 is 4.90 Å². The first kappa shape index (κ1) is 24.6. The molecular formula is C23H26N6O5S. The van der Waals surface area contributed by atoms with Crippen LogP contribution in [0.25, 0.3) is 0 Å². The topological polar surface area (TPSA) is 141 Å². The van der Waals surface area contributed by atoms with Crippen molar-refractivity contribution in [3.63, 3.8) is 0 Å². The van der Waals surface area contributed by atoms with E-state index in [1.54, 1.807) is 30.2 Å². The third kappa shape index (κ3) is 4.96. The summed E-state index contributed by atoms with van der Waals surface area (Å²) in [5.41, 5.74) is 0.671. The monoisotopic (exact) mass is 498 g/mol. The minimum atomic E-state index is -3.90. The fourth-order valence-corrected chi connectivity index (χ4v) is 6.31. The number of anilines is 1. The van der Waals surface area contributed by atoms with Crippen LogP contribution in [0.2, 0.25) is 0 Å². The normalized spacial score (nSPS) is 17.7. The number of carbonyl (C=O) groups is 1. The number of hydrogen-bond acceptors (Lipinski definition) is 8. The highest BCUT2D eigenvalue weighted by molar-refractivity contribution is 7.89. The Morgan fingerprint density at radius 3 is 2.46 bits per heavy atom. The van der Waals surface area contributed by atoms with E-state index in [0.29, 0.717) is 56.0 Å². The Bertz CT molecular complexity index is 1280. The van der Waals surface area contributed by atoms with Crippen LogP contribution in [-0.4, -0.2) is 72.7 Å². The molecule has 2 aliphatic heterocycles. The van der Waals surface area contributed by atoms with Gasteiger partial charge in [-0.05, 0) is 37.5 Å². The van der Waals surface area contributed by atoms with E-state index < -0.39 is 14.9 Å². The lowest BCUT2D eigenvalue weighted by Gasteiger charge is -2.39. The number of hydrogen-bond donors (Lipinski definition) is 0. The van der Waals surface area contributed by atoms with Crippen molar-refractivity contribution in [1.82, 2.24) is 14.2 Å². The van der Waals surface area contributed by atoms with Gasteiger partial charge < -0.3 is 9.80 Å². The van der Waals surface area contributed by atoms with E-state index in [4.69, 9.17) is 0 Å². The van der Waals surface area contributed by atoms with E-state index in [1.807, 2.05) is 4.90 Å². The number of aryl methyl sites for hydroxylation is 1. The van der Waals surface area contributed by atoms with Gasteiger partial charge in [-0.3, -0.25) is 14.9 Å². The number of piperazine rings is 1. The van der Waals surface area contributed by atoms with Gasteiger partial charge in [-0.15, -0.1) is 0 Å². The molecule has 1 aromatic heterocycles. The van der Waals surface area contributed by atoms with Gasteiger partial charge in [-0.25, -0.2) is 13.4 Å². The zero-order chi connectivity index (χ0) is 25.2. The second kappa shape index (κ2) is 9.97. The van der Waals surface area contributed by atoms with Crippen molar-refractivity contribution in [1.29, 1.82) is 5.26 Å². The van der Waals surface area contributed by atoms with Crippen LogP contribution in [0.15, 0.2) is 41.4 Å². The van der Waals surface area contributed by atoms with Crippen LogP contribution in [0.5, 0.6) is 0 Å². The summed E-state index contributed by atoms with van der Waals surface area (Å²) in [6.45, 7) is 4.11. The molecular weight excluding hydrogens is 472 g/mol. The van der Waals surface area contributed by atoms with Crippen molar-refractivity contribution in [3.05, 3.63) is 57.8 Å². The van der Waals surface area contributed by atoms with Gasteiger partial charge in [0.05, 0.1) is 15.4 Å². The maximum Gasteiger partial charge on any atom is 0.270 e. The van der Waals surface area contributed by atoms with Crippen LogP contribution in [0.1, 0.15) is 24.0 Å². The van der Waals surface area contributed by atoms with Crippen molar-refractivity contribution < 1.29 is 18.1 Å². The molecule has 1 amide bonds. The Morgan fingerprint density at radius 1 is 1.14 bits per heavy atom. The number of rotatable bonds is 5. The summed E-state index contributed by atoms with van der Waals surface area (Å²) in [4.78, 5) is 31.6. The standard InChI is InChI=1S/C23H26N6O5S/c1-17-4-5-20(29(31)32)15-21(17)35(33,34)28-9-6-18(7-10-28)23(30)27-13-11-26(12-14-27)22-19(16-24)3-2-8-25-22/h2-5,8,15,18H,6-7,9-14H2,1H3. The summed E-state index contributed by atoms with van der Waals surface area (Å²) >= 11 is 0. The maximum atomic E-state index is 13.2. The number of nitrogens with zero attached hydrogens (tertiary/aromatic N) is 6. The molecule has 1 aromatic carbocycles. The Labute approximate surface area is 203 Å². The average molecular weight is 499 g/mol. The summed E-state index contributed by atoms with van der Waals surface area (Å²) in [6, 6.07) is 9.40. The molecule has 0 aliphatic carbocycles. The quantitative estimate of drug-likeness (QED) is 0.450. The molecule has 3 heterocycles. The van der Waals surface area contributed by atoms with Gasteiger partial charge in [-0.1, -0.05) is 6.07 Å². The summed E-state index contributed by atoms with van der Waals surface area (Å²) < 4.78 is 27.6. The third-order valence-electron chi connectivity index (χ3n) is 6.60. The molecule has 184 valence electrons. The Kier molecular flexibility index (Phi) is 7.00. The summed E-state index contributed by atoms with van der Waals surface area (Å²) in [5.74, 6) is 0.357. The van der Waals surface area contributed by atoms with Gasteiger partial charge in [0.15, 0.2) is 0 Å². The number of piperidine rings is 1. The Balaban J connectivity index is 1.36. The molecule has 0 unspecified atom stereocenters. The number of benzene rings is 1. The van der Waals surface area contributed by atoms with Crippen LogP contribution >= 0.6 is 0 Å². The maximum absolute atomic E-state index is 13.2. The Morgan fingerprint density at radius 2 is 1.83 bits per heavy atom. The number of nitro groups is 1. The Hall–Kier alpha value is -3.56. The lowest BCUT2D eigenvalue weighted by Crippen LogP contribution is -2.52. The van der Waals surface area contributed by atoms with Crippen LogP contribution in [0, 0.1) is 34.3 Å². The molecule has 12 heteroatoms. The van der Waals surface area contributed by atoms with Gasteiger partial charge in [0.2, 0.25) is 15.9 Å². The zero-order valence-corrected chi connectivity index (χ0v) is 20.1. The third-order valence-corrected chi connectivity index (χ3v) is 8.64. The van der Waals surface area contributed by atoms with Gasteiger partial charge in [0.1, 0.15) is 11.9 Å². The predicted molar refractivity (Wildman–Crippen MR) is 127 cm³/mol. The molecule has 35 heavy (non-hydrogen) atoms. The number of amides is 1. The van der Waals surface area contributed by atoms with Crippen LogP contribution in [0.4, 0.5) is 11.5 Å². The fraction of sp³-hybridized carbons (Fsp3) is 0.435. The number of nitro benzene ring substituents is 1. The summed E-state index contributed by atoms with van der Waals surface area (Å²) in [5, 5.41) is 20.4. The first-order valence-corrected chi connectivity index (χ1v) is 12.8. The minimum Gasteiger partial charge on any atom is -0.352 e. The molecule has 11 nitrogen and oxygen atoms in total. The zero-order valence-electron chi connectivity index (χ0n) is 19.3. The van der Waals surface area contributed by atoms with Crippen molar-refractivity contribution in [2.45, 2.75) is 24.7 Å². The van der Waals surface area contributed by atoms with Gasteiger partial charge >= 0.3 is 0 Å². The van der Waals surface area contributed by atoms with E-state index >= 15 is 0 Å². The van der Waals surface area contributed by atoms with E-state index in [9.17, 15) is 28.6 Å². The molecule has 0 radical (unpaired) electrons. The summed E-state index contributed by atoms with van der Waals surface area (Å²) in [6.07, 6.45) is 2.43. The predicted octanol–water partition coefficient (Wildman–Crippen LogP) is 1.92. The molecule has 2 aromatic rings. The van der Waals surface area contributed by atoms with E-state index in [-0.39, 0.29) is 35.5 Å². The highest BCUT2D eigenvalue weighted by Crippen LogP contribution is 2.29. The number of non-ortho nitro benzene ring substituents is 1. The molecule has 2 saturated heterocycles. The molecule has 0 saturated carbocycles. The lowest BCUT2D eigenvalue weighted by atomic mass is 9.96. The van der Waals surface area contributed by atoms with Gasteiger partial charge in [-0.2, -0.15) is 9.57 Å². The fourth-order valence-electron chi connectivity index (χ4n) is 4.60. The number of nitriles is 1. The highest BCUT2D eigenvalue weighted by Gasteiger charge is 2.36. The van der Waals surface area contributed by atoms with Crippen LogP contribution in [0.3, 0.4) is 0 Å². The molecule has 0 N–H and O–H groups in total. The lowest BCUT2D eigenvalue weighted by molar-refractivity contribution is -0.385. The number of pyridine rings is 1. The first-order chi connectivity index (χ1) is 16.7. The first-order valence-electron chi connectivity index (χ1n) is 11.4. The highest BCUT2D eigenvalue weighted by atomic mass is 32.2. The second-order valence-corrected chi connectivity index (χ2v) is 10.6. The van der Waals surface area contributed by atoms with Crippen molar-refractivity contribution in [2.75, 3.05) is 44.2 Å². The van der Waals surface area contributed by atoms with Crippen LogP contribution in [-0.2, 0) is 14.8 Å². The smallest absolute Gasteiger partial charge is 0.270 e. The van der Waals surface area contributed by atoms with Crippen molar-refractivity contribution in [3.8, 4) is 6.07 Å². The van der Waals surface area contributed by atoms with E-state index in [0.717, 1.165) is 6.07 Å². The number of carbonyl (C=O) groups excluding carboxylic acids is 1. The second-order valence-electron chi connectivity index (χ2n) is 8.68. The van der Waals surface area contributed by atoms with Crippen molar-refractivity contribution in [2.24, 2.45) is 5.92 Å². The van der Waals surface area contributed by atoms with E-state index in [2.05, 4.69) is 11.1 Å². The summed E-state index contributed by atoms with van der Waals surface area (Å²) in [7, 11) is -3.90. The largest absolute Gasteiger partial charge is 0.352 e. The number of sulfonamides is 1. The molecule has 2 aliphatic rings. The molecule has 2 fully saturated rings. The number of aromatic nitrogens is 1. The van der Waals surface area contributed by atoms with E-state index in [1.165, 1.54) is 16.4 Å². The van der Waals surface area contributed by atoms with Gasteiger partial charge in [0, 0.05) is 63.5 Å². The van der Waals surface area contributed by atoms with Crippen molar-refractivity contribution >= 4 is 27.4 Å². The molecule has 0 spiro atoms. The molecule has 4 rings (SSSR count). The van der Waals surface area contributed by atoms with Gasteiger partial charge in [0.25, 0.3) is 5.69 Å².